The Hall–Kier alpha value is -1.68. The Morgan fingerprint density at radius 1 is 1.39 bits per heavy atom. The summed E-state index contributed by atoms with van der Waals surface area (Å²) < 4.78 is 15.0. The molecule has 0 radical (unpaired) electrons. The highest BCUT2D eigenvalue weighted by atomic mass is 19.1. The molecule has 0 aliphatic rings. The van der Waals surface area contributed by atoms with E-state index in [4.69, 9.17) is 0 Å². The van der Waals surface area contributed by atoms with Gasteiger partial charge >= 0.3 is 0 Å². The van der Waals surface area contributed by atoms with E-state index in [9.17, 15) is 9.50 Å². The van der Waals surface area contributed by atoms with Crippen LogP contribution in [-0.4, -0.2) is 14.9 Å². The Morgan fingerprint density at radius 3 is 2.72 bits per heavy atom. The highest BCUT2D eigenvalue weighted by Gasteiger charge is 2.17. The fourth-order valence-electron chi connectivity index (χ4n) is 2.16. The van der Waals surface area contributed by atoms with Gasteiger partial charge in [-0.3, -0.25) is 4.68 Å². The van der Waals surface area contributed by atoms with Crippen molar-refractivity contribution in [3.05, 3.63) is 52.6 Å². The molecule has 4 heteroatoms. The lowest BCUT2D eigenvalue weighted by Crippen LogP contribution is -2.02. The molecular formula is C14H17FN2O. The van der Waals surface area contributed by atoms with Crippen molar-refractivity contribution in [2.75, 3.05) is 0 Å². The van der Waals surface area contributed by atoms with E-state index < -0.39 is 6.10 Å². The van der Waals surface area contributed by atoms with E-state index >= 15 is 0 Å². The zero-order chi connectivity index (χ0) is 13.3. The number of aliphatic hydroxyl groups is 1. The van der Waals surface area contributed by atoms with E-state index in [0.29, 0.717) is 5.56 Å². The molecule has 1 N–H and O–H groups in total. The summed E-state index contributed by atoms with van der Waals surface area (Å²) in [5.41, 5.74) is 2.94. The Labute approximate surface area is 106 Å². The summed E-state index contributed by atoms with van der Waals surface area (Å²) in [6.07, 6.45) is 1.69. The van der Waals surface area contributed by atoms with E-state index in [0.717, 1.165) is 23.2 Å². The summed E-state index contributed by atoms with van der Waals surface area (Å²) in [7, 11) is 1.81. The Kier molecular flexibility index (Phi) is 3.48. The predicted molar refractivity (Wildman–Crippen MR) is 67.8 cm³/mol. The molecule has 0 spiro atoms. The molecule has 0 fully saturated rings. The fraction of sp³-hybridized carbons (Fsp3) is 0.357. The van der Waals surface area contributed by atoms with Crippen LogP contribution in [0.4, 0.5) is 4.39 Å². The van der Waals surface area contributed by atoms with Gasteiger partial charge in [0, 0.05) is 18.8 Å². The number of hydrogen-bond donors (Lipinski definition) is 1. The molecule has 1 atom stereocenters. The smallest absolute Gasteiger partial charge is 0.123 e. The van der Waals surface area contributed by atoms with Gasteiger partial charge in [-0.2, -0.15) is 5.10 Å². The van der Waals surface area contributed by atoms with Gasteiger partial charge in [0.2, 0.25) is 0 Å². The van der Waals surface area contributed by atoms with Gasteiger partial charge in [0.15, 0.2) is 0 Å². The standard InChI is InChI=1S/C14H17FN2O/c1-4-13-12(8-17(3)16-13)14(18)10-5-9(2)6-11(15)7-10/h5-8,14,18H,4H2,1-3H3. The Morgan fingerprint density at radius 2 is 2.11 bits per heavy atom. The van der Waals surface area contributed by atoms with Crippen molar-refractivity contribution in [1.82, 2.24) is 9.78 Å². The van der Waals surface area contributed by atoms with E-state index in [1.165, 1.54) is 12.1 Å². The number of halogens is 1. The molecule has 18 heavy (non-hydrogen) atoms. The third-order valence-corrected chi connectivity index (χ3v) is 2.95. The first-order valence-electron chi connectivity index (χ1n) is 5.98. The zero-order valence-corrected chi connectivity index (χ0v) is 10.8. The summed E-state index contributed by atoms with van der Waals surface area (Å²) in [4.78, 5) is 0. The van der Waals surface area contributed by atoms with Crippen LogP contribution < -0.4 is 0 Å². The second kappa shape index (κ2) is 4.90. The summed E-state index contributed by atoms with van der Waals surface area (Å²) >= 11 is 0. The number of aromatic nitrogens is 2. The molecule has 2 aromatic rings. The second-order valence-corrected chi connectivity index (χ2v) is 4.52. The van der Waals surface area contributed by atoms with Crippen LogP contribution in [0.5, 0.6) is 0 Å². The van der Waals surface area contributed by atoms with Crippen molar-refractivity contribution in [3.63, 3.8) is 0 Å². The average Bonchev–Trinajstić information content (AvgIpc) is 2.68. The van der Waals surface area contributed by atoms with Crippen LogP contribution in [0, 0.1) is 12.7 Å². The molecule has 0 amide bonds. The lowest BCUT2D eigenvalue weighted by atomic mass is 9.99. The Balaban J connectivity index is 2.43. The third kappa shape index (κ3) is 2.43. The van der Waals surface area contributed by atoms with Crippen molar-refractivity contribution < 1.29 is 9.50 Å². The van der Waals surface area contributed by atoms with E-state index in [1.807, 2.05) is 20.9 Å². The lowest BCUT2D eigenvalue weighted by Gasteiger charge is -2.11. The van der Waals surface area contributed by atoms with Crippen LogP contribution in [-0.2, 0) is 13.5 Å². The maximum atomic E-state index is 13.4. The summed E-state index contributed by atoms with van der Waals surface area (Å²) in [5, 5.41) is 14.6. The van der Waals surface area contributed by atoms with Crippen LogP contribution in [0.15, 0.2) is 24.4 Å². The molecule has 0 bridgehead atoms. The van der Waals surface area contributed by atoms with Crippen LogP contribution >= 0.6 is 0 Å². The van der Waals surface area contributed by atoms with Crippen molar-refractivity contribution in [3.8, 4) is 0 Å². The topological polar surface area (TPSA) is 38.0 Å². The number of rotatable bonds is 3. The highest BCUT2D eigenvalue weighted by Crippen LogP contribution is 2.26. The largest absolute Gasteiger partial charge is 0.384 e. The summed E-state index contributed by atoms with van der Waals surface area (Å²) in [6.45, 7) is 3.79. The predicted octanol–water partition coefficient (Wildman–Crippen LogP) is 2.51. The van der Waals surface area contributed by atoms with Gasteiger partial charge in [0.05, 0.1) is 5.69 Å². The number of aryl methyl sites for hydroxylation is 3. The number of hydrogen-bond acceptors (Lipinski definition) is 2. The SMILES string of the molecule is CCc1nn(C)cc1C(O)c1cc(C)cc(F)c1. The first kappa shape index (κ1) is 12.8. The van der Waals surface area contributed by atoms with Gasteiger partial charge in [-0.15, -0.1) is 0 Å². The summed E-state index contributed by atoms with van der Waals surface area (Å²) in [6, 6.07) is 4.60. The second-order valence-electron chi connectivity index (χ2n) is 4.52. The van der Waals surface area contributed by atoms with Gasteiger partial charge in [-0.25, -0.2) is 4.39 Å². The number of benzene rings is 1. The molecule has 1 aromatic carbocycles. The molecule has 0 aliphatic carbocycles. The van der Waals surface area contributed by atoms with Gasteiger partial charge in [-0.05, 0) is 36.6 Å². The molecule has 3 nitrogen and oxygen atoms in total. The van der Waals surface area contributed by atoms with Crippen molar-refractivity contribution in [2.24, 2.45) is 7.05 Å². The molecule has 1 aromatic heterocycles. The third-order valence-electron chi connectivity index (χ3n) is 2.95. The minimum absolute atomic E-state index is 0.328. The molecule has 1 unspecified atom stereocenters. The lowest BCUT2D eigenvalue weighted by molar-refractivity contribution is 0.218. The van der Waals surface area contributed by atoms with Gasteiger partial charge in [0.1, 0.15) is 11.9 Å². The van der Waals surface area contributed by atoms with Crippen LogP contribution in [0.2, 0.25) is 0 Å². The van der Waals surface area contributed by atoms with E-state index in [2.05, 4.69) is 5.10 Å². The fourth-order valence-corrected chi connectivity index (χ4v) is 2.16. The minimum atomic E-state index is -0.831. The van der Waals surface area contributed by atoms with E-state index in [1.54, 1.807) is 16.9 Å². The van der Waals surface area contributed by atoms with Gasteiger partial charge in [0.25, 0.3) is 0 Å². The average molecular weight is 248 g/mol. The van der Waals surface area contributed by atoms with Crippen molar-refractivity contribution in [2.45, 2.75) is 26.4 Å². The highest BCUT2D eigenvalue weighted by molar-refractivity contribution is 5.34. The molecule has 0 saturated heterocycles. The maximum absolute atomic E-state index is 13.4. The van der Waals surface area contributed by atoms with Crippen LogP contribution in [0.3, 0.4) is 0 Å². The van der Waals surface area contributed by atoms with Crippen LogP contribution in [0.25, 0.3) is 0 Å². The first-order valence-corrected chi connectivity index (χ1v) is 5.98. The van der Waals surface area contributed by atoms with Crippen molar-refractivity contribution >= 4 is 0 Å². The van der Waals surface area contributed by atoms with Gasteiger partial charge < -0.3 is 5.11 Å². The van der Waals surface area contributed by atoms with E-state index in [-0.39, 0.29) is 5.82 Å². The molecule has 2 rings (SSSR count). The molecular weight excluding hydrogens is 231 g/mol. The number of aliphatic hydroxyl groups excluding tert-OH is 1. The normalized spacial score (nSPS) is 12.7. The zero-order valence-electron chi connectivity index (χ0n) is 10.8. The quantitative estimate of drug-likeness (QED) is 0.906. The minimum Gasteiger partial charge on any atom is -0.384 e. The molecule has 0 saturated carbocycles. The van der Waals surface area contributed by atoms with Crippen molar-refractivity contribution in [1.29, 1.82) is 0 Å². The van der Waals surface area contributed by atoms with Crippen LogP contribution in [0.1, 0.15) is 35.4 Å². The monoisotopic (exact) mass is 248 g/mol. The summed E-state index contributed by atoms with van der Waals surface area (Å²) in [5.74, 6) is -0.328. The van der Waals surface area contributed by atoms with Gasteiger partial charge in [-0.1, -0.05) is 13.0 Å². The Bertz CT molecular complexity index is 543. The molecule has 96 valence electrons. The molecule has 1 heterocycles. The maximum Gasteiger partial charge on any atom is 0.123 e. The molecule has 0 aliphatic heterocycles. The first-order chi connectivity index (χ1) is 8.51. The number of nitrogens with zero attached hydrogens (tertiary/aromatic N) is 2.